The quantitative estimate of drug-likeness (QED) is 0.146. The van der Waals surface area contributed by atoms with Gasteiger partial charge in [-0.15, -0.1) is 0 Å². The summed E-state index contributed by atoms with van der Waals surface area (Å²) in [6.45, 7) is -0.611. The van der Waals surface area contributed by atoms with Gasteiger partial charge in [0.05, 0.1) is 28.0 Å². The molecule has 2 aliphatic carbocycles. The first-order valence-corrected chi connectivity index (χ1v) is 12.8. The van der Waals surface area contributed by atoms with Crippen LogP contribution >= 0.6 is 0 Å². The molecule has 2 saturated carbocycles. The van der Waals surface area contributed by atoms with E-state index in [1.165, 1.54) is 40.8 Å². The van der Waals surface area contributed by atoms with Gasteiger partial charge >= 0.3 is 5.97 Å². The van der Waals surface area contributed by atoms with Gasteiger partial charge in [-0.1, -0.05) is 48.5 Å². The van der Waals surface area contributed by atoms with Crippen molar-refractivity contribution in [2.45, 2.75) is 18.8 Å². The first-order valence-electron chi connectivity index (χ1n) is 12.8. The number of hydrogen-bond donors (Lipinski definition) is 0. The average Bonchev–Trinajstić information content (AvgIpc) is 3.63. The highest BCUT2D eigenvalue weighted by Gasteiger charge is 2.64. The van der Waals surface area contributed by atoms with Crippen molar-refractivity contribution in [2.24, 2.45) is 23.7 Å². The first-order chi connectivity index (χ1) is 18.8. The lowest BCUT2D eigenvalue weighted by Crippen LogP contribution is -2.33. The average molecular weight is 525 g/mol. The van der Waals surface area contributed by atoms with Crippen LogP contribution in [0.5, 0.6) is 0 Å². The van der Waals surface area contributed by atoms with E-state index in [1.54, 1.807) is 12.1 Å². The molecule has 3 aromatic carbocycles. The largest absolute Gasteiger partial charge is 0.454 e. The number of nitro benzene ring substituents is 1. The maximum absolute atomic E-state index is 13.6. The number of amides is 2. The van der Waals surface area contributed by atoms with Crippen LogP contribution in [0.25, 0.3) is 0 Å². The summed E-state index contributed by atoms with van der Waals surface area (Å²) < 4.78 is 5.15. The Bertz CT molecular complexity index is 1520. The van der Waals surface area contributed by atoms with Crippen LogP contribution in [-0.4, -0.2) is 35.1 Å². The normalized spacial score (nSPS) is 25.0. The summed E-state index contributed by atoms with van der Waals surface area (Å²) in [7, 11) is 0. The Kier molecular flexibility index (Phi) is 6.06. The molecule has 3 fully saturated rings. The van der Waals surface area contributed by atoms with Crippen molar-refractivity contribution in [3.05, 3.63) is 106 Å². The SMILES string of the molecule is O=C(COC(=O)c1cccc(N2C(=O)[C@@H]3[C@@H]4C[C@@H]([C@@H]3C2=O)[C@@H](c2ccccc2)C4)c1)c1cccc([N+](=O)[O-])c1. The number of benzene rings is 3. The van der Waals surface area contributed by atoms with Crippen molar-refractivity contribution in [1.29, 1.82) is 0 Å². The molecule has 5 atom stereocenters. The number of carbonyl (C=O) groups excluding carboxylic acids is 4. The van der Waals surface area contributed by atoms with Gasteiger partial charge in [-0.05, 0) is 54.4 Å². The zero-order valence-corrected chi connectivity index (χ0v) is 20.8. The smallest absolute Gasteiger partial charge is 0.338 e. The van der Waals surface area contributed by atoms with Crippen LogP contribution in [0, 0.1) is 33.8 Å². The van der Waals surface area contributed by atoms with Crippen molar-refractivity contribution in [2.75, 3.05) is 11.5 Å². The molecule has 3 aromatic rings. The molecule has 2 bridgehead atoms. The van der Waals surface area contributed by atoms with Gasteiger partial charge in [-0.3, -0.25) is 29.4 Å². The van der Waals surface area contributed by atoms with Crippen LogP contribution in [0.2, 0.25) is 0 Å². The third-order valence-corrected chi connectivity index (χ3v) is 8.30. The standard InChI is InChI=1S/C30H24N2O7/c33-25(18-8-4-11-22(12-18)32(37)38)16-39-30(36)19-9-5-10-21(13-19)31-28(34)26-20-14-23(17-6-2-1-3-7-17)24(15-20)27(26)29(31)35/h1-13,20,23-24,26-27H,14-16H2/t20-,23+,24+,26+,27-/m0/s1. The summed E-state index contributed by atoms with van der Waals surface area (Å²) in [4.78, 5) is 63.7. The van der Waals surface area contributed by atoms with Crippen LogP contribution in [0.1, 0.15) is 45.0 Å². The van der Waals surface area contributed by atoms with E-state index in [4.69, 9.17) is 4.74 Å². The third kappa shape index (κ3) is 4.20. The number of esters is 1. The van der Waals surface area contributed by atoms with Crippen LogP contribution < -0.4 is 4.90 Å². The number of rotatable bonds is 7. The van der Waals surface area contributed by atoms with Crippen molar-refractivity contribution >= 4 is 34.9 Å². The van der Waals surface area contributed by atoms with E-state index in [0.717, 1.165) is 18.9 Å². The maximum atomic E-state index is 13.6. The zero-order valence-electron chi connectivity index (χ0n) is 20.8. The predicted octanol–water partition coefficient (Wildman–Crippen LogP) is 4.56. The van der Waals surface area contributed by atoms with E-state index < -0.39 is 23.3 Å². The van der Waals surface area contributed by atoms with E-state index >= 15 is 0 Å². The number of ketones is 1. The molecular weight excluding hydrogens is 500 g/mol. The van der Waals surface area contributed by atoms with E-state index in [9.17, 15) is 29.3 Å². The van der Waals surface area contributed by atoms with Gasteiger partial charge in [0.25, 0.3) is 5.69 Å². The number of hydrogen-bond acceptors (Lipinski definition) is 7. The molecule has 6 rings (SSSR count). The highest BCUT2D eigenvalue weighted by molar-refractivity contribution is 6.23. The van der Waals surface area contributed by atoms with E-state index in [2.05, 4.69) is 12.1 Å². The molecule has 2 amide bonds. The lowest BCUT2D eigenvalue weighted by molar-refractivity contribution is -0.384. The molecule has 196 valence electrons. The van der Waals surface area contributed by atoms with Gasteiger partial charge in [0.1, 0.15) is 0 Å². The Balaban J connectivity index is 1.16. The Morgan fingerprint density at radius 2 is 1.59 bits per heavy atom. The Hall–Kier alpha value is -4.66. The summed E-state index contributed by atoms with van der Waals surface area (Å²) in [6.07, 6.45) is 1.75. The second-order valence-corrected chi connectivity index (χ2v) is 10.3. The van der Waals surface area contributed by atoms with Gasteiger partial charge in [-0.2, -0.15) is 0 Å². The monoisotopic (exact) mass is 524 g/mol. The number of anilines is 1. The number of imide groups is 1. The van der Waals surface area contributed by atoms with Crippen LogP contribution in [0.4, 0.5) is 11.4 Å². The Morgan fingerprint density at radius 1 is 0.872 bits per heavy atom. The first kappa shape index (κ1) is 24.7. The summed E-state index contributed by atoms with van der Waals surface area (Å²) in [5.74, 6) is -2.06. The van der Waals surface area contributed by atoms with Crippen molar-refractivity contribution in [1.82, 2.24) is 0 Å². The molecule has 9 heteroatoms. The molecule has 0 aromatic heterocycles. The number of nitro groups is 1. The van der Waals surface area contributed by atoms with Crippen LogP contribution in [0.15, 0.2) is 78.9 Å². The predicted molar refractivity (Wildman–Crippen MR) is 139 cm³/mol. The molecular formula is C30H24N2O7. The van der Waals surface area contributed by atoms with Crippen molar-refractivity contribution in [3.8, 4) is 0 Å². The minimum absolute atomic E-state index is 0.0500. The number of carbonyl (C=O) groups is 4. The third-order valence-electron chi connectivity index (χ3n) is 8.30. The summed E-state index contributed by atoms with van der Waals surface area (Å²) >= 11 is 0. The molecule has 9 nitrogen and oxygen atoms in total. The molecule has 0 radical (unpaired) electrons. The fraction of sp³-hybridized carbons (Fsp3) is 0.267. The Morgan fingerprint density at radius 3 is 2.36 bits per heavy atom. The fourth-order valence-electron chi connectivity index (χ4n) is 6.66. The molecule has 1 aliphatic heterocycles. The van der Waals surface area contributed by atoms with Crippen LogP contribution in [0.3, 0.4) is 0 Å². The molecule has 3 aliphatic rings. The molecule has 0 spiro atoms. The Labute approximate surface area is 223 Å². The topological polar surface area (TPSA) is 124 Å². The second kappa shape index (κ2) is 9.58. The summed E-state index contributed by atoms with van der Waals surface area (Å²) in [5.41, 5.74) is 1.39. The van der Waals surface area contributed by atoms with Crippen LogP contribution in [-0.2, 0) is 14.3 Å². The maximum Gasteiger partial charge on any atom is 0.338 e. The van der Waals surface area contributed by atoms with Gasteiger partial charge < -0.3 is 4.74 Å². The number of Topliss-reactive ketones (excluding diaryl/α,β-unsaturated/α-hetero) is 1. The van der Waals surface area contributed by atoms with Gasteiger partial charge in [0, 0.05) is 17.7 Å². The lowest BCUT2D eigenvalue weighted by atomic mass is 9.73. The molecule has 39 heavy (non-hydrogen) atoms. The molecule has 1 heterocycles. The van der Waals surface area contributed by atoms with E-state index in [0.29, 0.717) is 5.69 Å². The van der Waals surface area contributed by atoms with E-state index in [-0.39, 0.29) is 58.2 Å². The summed E-state index contributed by atoms with van der Waals surface area (Å²) in [5, 5.41) is 11.0. The summed E-state index contributed by atoms with van der Waals surface area (Å²) in [6, 6.07) is 21.4. The highest BCUT2D eigenvalue weighted by atomic mass is 16.6. The molecule has 0 N–H and O–H groups in total. The van der Waals surface area contributed by atoms with E-state index in [1.807, 2.05) is 18.2 Å². The number of ether oxygens (including phenoxy) is 1. The van der Waals surface area contributed by atoms with Gasteiger partial charge in [-0.25, -0.2) is 4.79 Å². The zero-order chi connectivity index (χ0) is 27.3. The van der Waals surface area contributed by atoms with Crippen molar-refractivity contribution in [3.63, 3.8) is 0 Å². The minimum atomic E-state index is -0.806. The van der Waals surface area contributed by atoms with Crippen molar-refractivity contribution < 1.29 is 28.8 Å². The number of non-ortho nitro benzene ring substituents is 1. The molecule has 0 unspecified atom stereocenters. The second-order valence-electron chi connectivity index (χ2n) is 10.3. The van der Waals surface area contributed by atoms with Gasteiger partial charge in [0.2, 0.25) is 17.6 Å². The highest BCUT2D eigenvalue weighted by Crippen LogP contribution is 2.61. The number of fused-ring (bicyclic) bond motifs is 5. The van der Waals surface area contributed by atoms with Gasteiger partial charge in [0.15, 0.2) is 6.61 Å². The lowest BCUT2D eigenvalue weighted by Gasteiger charge is -2.28. The fourth-order valence-corrected chi connectivity index (χ4v) is 6.66. The number of nitrogens with zero attached hydrogens (tertiary/aromatic N) is 2. The molecule has 1 saturated heterocycles. The minimum Gasteiger partial charge on any atom is -0.454 e.